The summed E-state index contributed by atoms with van der Waals surface area (Å²) in [5.41, 5.74) is 0.411. The molecule has 17 heavy (non-hydrogen) atoms. The number of nitrogens with zero attached hydrogens (tertiary/aromatic N) is 1. The molecule has 96 valence electrons. The lowest BCUT2D eigenvalue weighted by Crippen LogP contribution is -2.61. The summed E-state index contributed by atoms with van der Waals surface area (Å²) in [6.45, 7) is 3.06. The standard InChI is InChI=1S/C14H24N2S/c1-3-15-13(17)16(2)14-7-10-4-11(8-14)6-12(5-10)9-14/h10-12H,3-9H2,1-2H3,(H,15,17). The highest BCUT2D eigenvalue weighted by atomic mass is 32.1. The number of nitrogens with one attached hydrogen (secondary N) is 1. The van der Waals surface area contributed by atoms with E-state index in [-0.39, 0.29) is 0 Å². The van der Waals surface area contributed by atoms with Crippen molar-refractivity contribution >= 4 is 17.3 Å². The predicted molar refractivity (Wildman–Crippen MR) is 74.9 cm³/mol. The third-order valence-corrected chi connectivity index (χ3v) is 5.77. The lowest BCUT2D eigenvalue weighted by Gasteiger charge is -2.60. The smallest absolute Gasteiger partial charge is 0.169 e. The summed E-state index contributed by atoms with van der Waals surface area (Å²) in [5, 5.41) is 4.29. The van der Waals surface area contributed by atoms with E-state index in [0.717, 1.165) is 29.4 Å². The van der Waals surface area contributed by atoms with Crippen molar-refractivity contribution in [2.75, 3.05) is 13.6 Å². The molecular formula is C14H24N2S. The molecule has 0 aliphatic heterocycles. The van der Waals surface area contributed by atoms with Gasteiger partial charge < -0.3 is 10.2 Å². The third-order valence-electron chi connectivity index (χ3n) is 5.35. The zero-order valence-electron chi connectivity index (χ0n) is 11.0. The van der Waals surface area contributed by atoms with Crippen LogP contribution in [0.1, 0.15) is 45.4 Å². The quantitative estimate of drug-likeness (QED) is 0.761. The maximum atomic E-state index is 5.53. The number of rotatable bonds is 2. The summed E-state index contributed by atoms with van der Waals surface area (Å²) in [6.07, 6.45) is 8.67. The van der Waals surface area contributed by atoms with Crippen molar-refractivity contribution in [3.05, 3.63) is 0 Å². The zero-order chi connectivity index (χ0) is 12.0. The molecule has 1 N–H and O–H groups in total. The molecule has 0 aromatic heterocycles. The molecule has 0 radical (unpaired) electrons. The van der Waals surface area contributed by atoms with Gasteiger partial charge in [-0.05, 0) is 75.4 Å². The monoisotopic (exact) mass is 252 g/mol. The van der Waals surface area contributed by atoms with Crippen molar-refractivity contribution in [2.24, 2.45) is 17.8 Å². The van der Waals surface area contributed by atoms with Gasteiger partial charge in [-0.2, -0.15) is 0 Å². The van der Waals surface area contributed by atoms with Gasteiger partial charge in [0.1, 0.15) is 0 Å². The summed E-state index contributed by atoms with van der Waals surface area (Å²) < 4.78 is 0. The number of hydrogen-bond donors (Lipinski definition) is 1. The second-order valence-electron chi connectivity index (χ2n) is 6.54. The molecule has 4 fully saturated rings. The Labute approximate surface area is 110 Å². The van der Waals surface area contributed by atoms with Gasteiger partial charge in [0.15, 0.2) is 5.11 Å². The van der Waals surface area contributed by atoms with Crippen molar-refractivity contribution in [1.29, 1.82) is 0 Å². The summed E-state index contributed by atoms with van der Waals surface area (Å²) in [4.78, 5) is 2.41. The predicted octanol–water partition coefficient (Wildman–Crippen LogP) is 2.78. The van der Waals surface area contributed by atoms with Crippen molar-refractivity contribution in [1.82, 2.24) is 10.2 Å². The van der Waals surface area contributed by atoms with Crippen LogP contribution in [0.4, 0.5) is 0 Å². The minimum absolute atomic E-state index is 0.411. The second kappa shape index (κ2) is 4.11. The molecular weight excluding hydrogens is 228 g/mol. The lowest BCUT2D eigenvalue weighted by molar-refractivity contribution is -0.0547. The third kappa shape index (κ3) is 1.87. The highest BCUT2D eigenvalue weighted by Gasteiger charge is 2.53. The molecule has 0 unspecified atom stereocenters. The highest BCUT2D eigenvalue weighted by molar-refractivity contribution is 7.80. The summed E-state index contributed by atoms with van der Waals surface area (Å²) in [6, 6.07) is 0. The first-order valence-electron chi connectivity index (χ1n) is 7.14. The zero-order valence-corrected chi connectivity index (χ0v) is 11.9. The minimum Gasteiger partial charge on any atom is -0.363 e. The van der Waals surface area contributed by atoms with Gasteiger partial charge in [-0.1, -0.05) is 0 Å². The van der Waals surface area contributed by atoms with Gasteiger partial charge in [0, 0.05) is 19.1 Å². The Morgan fingerprint density at radius 1 is 1.18 bits per heavy atom. The van der Waals surface area contributed by atoms with Gasteiger partial charge in [-0.15, -0.1) is 0 Å². The Kier molecular flexibility index (Phi) is 2.85. The Hall–Kier alpha value is -0.310. The molecule has 0 aromatic rings. The molecule has 4 rings (SSSR count). The fourth-order valence-electron chi connectivity index (χ4n) is 4.96. The van der Waals surface area contributed by atoms with Crippen LogP contribution in [-0.2, 0) is 0 Å². The van der Waals surface area contributed by atoms with E-state index in [4.69, 9.17) is 12.2 Å². The fraction of sp³-hybridized carbons (Fsp3) is 0.929. The largest absolute Gasteiger partial charge is 0.363 e. The van der Waals surface area contributed by atoms with E-state index in [1.807, 2.05) is 0 Å². The maximum absolute atomic E-state index is 5.53. The van der Waals surface area contributed by atoms with E-state index in [9.17, 15) is 0 Å². The Balaban J connectivity index is 1.79. The lowest BCUT2D eigenvalue weighted by atomic mass is 9.52. The fourth-order valence-corrected chi connectivity index (χ4v) is 5.30. The first kappa shape index (κ1) is 11.8. The van der Waals surface area contributed by atoms with E-state index in [0.29, 0.717) is 5.54 Å². The molecule has 3 heteroatoms. The minimum atomic E-state index is 0.411. The normalized spacial score (nSPS) is 42.6. The number of thiocarbonyl (C=S) groups is 1. The van der Waals surface area contributed by atoms with Crippen molar-refractivity contribution in [2.45, 2.75) is 51.0 Å². The van der Waals surface area contributed by atoms with Gasteiger partial charge in [0.2, 0.25) is 0 Å². The molecule has 0 heterocycles. The van der Waals surface area contributed by atoms with E-state index in [1.165, 1.54) is 38.5 Å². The Morgan fingerprint density at radius 2 is 1.65 bits per heavy atom. The van der Waals surface area contributed by atoms with Gasteiger partial charge in [0.05, 0.1) is 0 Å². The van der Waals surface area contributed by atoms with Gasteiger partial charge >= 0.3 is 0 Å². The molecule has 4 aliphatic rings. The van der Waals surface area contributed by atoms with Gasteiger partial charge in [-0.3, -0.25) is 0 Å². The van der Waals surface area contributed by atoms with Crippen LogP contribution in [0.2, 0.25) is 0 Å². The van der Waals surface area contributed by atoms with E-state index in [1.54, 1.807) is 0 Å². The van der Waals surface area contributed by atoms with E-state index in [2.05, 4.69) is 24.2 Å². The van der Waals surface area contributed by atoms with Crippen molar-refractivity contribution < 1.29 is 0 Å². The molecule has 0 saturated heterocycles. The topological polar surface area (TPSA) is 15.3 Å². The van der Waals surface area contributed by atoms with Crippen LogP contribution in [0.15, 0.2) is 0 Å². The second-order valence-corrected chi connectivity index (χ2v) is 6.92. The Bertz CT molecular complexity index is 291. The SMILES string of the molecule is CCNC(=S)N(C)C12CC3CC(CC(C3)C1)C2. The highest BCUT2D eigenvalue weighted by Crippen LogP contribution is 2.57. The average molecular weight is 252 g/mol. The number of hydrogen-bond acceptors (Lipinski definition) is 1. The van der Waals surface area contributed by atoms with E-state index < -0.39 is 0 Å². The molecule has 2 nitrogen and oxygen atoms in total. The molecule has 0 atom stereocenters. The van der Waals surface area contributed by atoms with E-state index >= 15 is 0 Å². The summed E-state index contributed by atoms with van der Waals surface area (Å²) in [7, 11) is 2.22. The van der Waals surface area contributed by atoms with Crippen molar-refractivity contribution in [3.63, 3.8) is 0 Å². The molecule has 4 saturated carbocycles. The van der Waals surface area contributed by atoms with Gasteiger partial charge in [-0.25, -0.2) is 0 Å². The van der Waals surface area contributed by atoms with Crippen LogP contribution in [0.3, 0.4) is 0 Å². The summed E-state index contributed by atoms with van der Waals surface area (Å²) in [5.74, 6) is 2.98. The molecule has 0 aromatic carbocycles. The molecule has 4 aliphatic carbocycles. The van der Waals surface area contributed by atoms with Crippen LogP contribution >= 0.6 is 12.2 Å². The molecule has 0 amide bonds. The molecule has 0 spiro atoms. The maximum Gasteiger partial charge on any atom is 0.169 e. The first-order valence-corrected chi connectivity index (χ1v) is 7.55. The average Bonchev–Trinajstić information content (AvgIpc) is 2.26. The van der Waals surface area contributed by atoms with Crippen LogP contribution < -0.4 is 5.32 Å². The van der Waals surface area contributed by atoms with Crippen LogP contribution in [-0.4, -0.2) is 29.1 Å². The van der Waals surface area contributed by atoms with Crippen LogP contribution in [0, 0.1) is 17.8 Å². The van der Waals surface area contributed by atoms with Gasteiger partial charge in [0.25, 0.3) is 0 Å². The first-order chi connectivity index (χ1) is 8.13. The van der Waals surface area contributed by atoms with Crippen molar-refractivity contribution in [3.8, 4) is 0 Å². The van der Waals surface area contributed by atoms with Crippen LogP contribution in [0.25, 0.3) is 0 Å². The Morgan fingerprint density at radius 3 is 2.06 bits per heavy atom. The molecule has 4 bridgehead atoms. The summed E-state index contributed by atoms with van der Waals surface area (Å²) >= 11 is 5.53. The van der Waals surface area contributed by atoms with Crippen LogP contribution in [0.5, 0.6) is 0 Å².